The first-order valence-corrected chi connectivity index (χ1v) is 9.24. The van der Waals surface area contributed by atoms with E-state index < -0.39 is 5.60 Å². The van der Waals surface area contributed by atoms with E-state index in [0.717, 1.165) is 4.88 Å². The first kappa shape index (κ1) is 17.8. The smallest absolute Gasteiger partial charge is 0.116 e. The van der Waals surface area contributed by atoms with Gasteiger partial charge in [-0.2, -0.15) is 0 Å². The third-order valence-electron chi connectivity index (χ3n) is 4.12. The first-order chi connectivity index (χ1) is 11.4. The van der Waals surface area contributed by atoms with Gasteiger partial charge < -0.3 is 9.67 Å². The van der Waals surface area contributed by atoms with Gasteiger partial charge >= 0.3 is 0 Å². The molecule has 2 atom stereocenters. The van der Waals surface area contributed by atoms with Crippen LogP contribution >= 0.6 is 46.1 Å². The van der Waals surface area contributed by atoms with E-state index in [2.05, 4.69) is 4.98 Å². The van der Waals surface area contributed by atoms with Crippen LogP contribution in [0.5, 0.6) is 0 Å². The lowest BCUT2D eigenvalue weighted by Crippen LogP contribution is -2.36. The SMILES string of the molecule is CC(c1ccc(Cl)s1)C(O)(Cn1ccnc1)c1ccc(Cl)cc1Cl. The quantitative estimate of drug-likeness (QED) is 0.604. The van der Waals surface area contributed by atoms with Crippen LogP contribution in [0.4, 0.5) is 0 Å². The largest absolute Gasteiger partial charge is 0.383 e. The number of nitrogens with zero attached hydrogens (tertiary/aromatic N) is 2. The fraction of sp³-hybridized carbons (Fsp3) is 0.235. The van der Waals surface area contributed by atoms with Gasteiger partial charge in [-0.25, -0.2) is 4.98 Å². The fourth-order valence-corrected chi connectivity index (χ4v) is 4.52. The number of thiophene rings is 1. The topological polar surface area (TPSA) is 38.0 Å². The van der Waals surface area contributed by atoms with Gasteiger partial charge in [-0.3, -0.25) is 0 Å². The van der Waals surface area contributed by atoms with Crippen molar-refractivity contribution in [2.45, 2.75) is 25.0 Å². The second-order valence-corrected chi connectivity index (χ2v) is 8.24. The number of aliphatic hydroxyl groups is 1. The summed E-state index contributed by atoms with van der Waals surface area (Å²) < 4.78 is 2.51. The van der Waals surface area contributed by atoms with Gasteiger partial charge in [-0.1, -0.05) is 47.8 Å². The van der Waals surface area contributed by atoms with Crippen LogP contribution in [0.3, 0.4) is 0 Å². The van der Waals surface area contributed by atoms with Gasteiger partial charge in [0, 0.05) is 38.8 Å². The average molecular weight is 402 g/mol. The number of halogens is 3. The molecule has 2 heterocycles. The molecule has 3 rings (SSSR count). The van der Waals surface area contributed by atoms with E-state index in [1.807, 2.05) is 29.8 Å². The summed E-state index contributed by atoms with van der Waals surface area (Å²) in [4.78, 5) is 5.03. The van der Waals surface area contributed by atoms with Gasteiger partial charge in [-0.15, -0.1) is 11.3 Å². The standard InChI is InChI=1S/C17H15Cl3N2OS/c1-11(15-4-5-16(20)24-15)17(23,9-22-7-6-21-10-22)13-3-2-12(18)8-14(13)19/h2-8,10-11,23H,9H2,1H3. The van der Waals surface area contributed by atoms with Gasteiger partial charge in [0.05, 0.1) is 17.2 Å². The van der Waals surface area contributed by atoms with Crippen LogP contribution in [0, 0.1) is 0 Å². The van der Waals surface area contributed by atoms with Crippen molar-refractivity contribution in [1.29, 1.82) is 0 Å². The summed E-state index contributed by atoms with van der Waals surface area (Å²) in [5.74, 6) is -0.226. The van der Waals surface area contributed by atoms with Crippen LogP contribution in [0.1, 0.15) is 23.3 Å². The Morgan fingerprint density at radius 2 is 2.04 bits per heavy atom. The minimum absolute atomic E-state index is 0.226. The van der Waals surface area contributed by atoms with Gasteiger partial charge in [0.25, 0.3) is 0 Å². The van der Waals surface area contributed by atoms with Crippen LogP contribution in [0.15, 0.2) is 49.1 Å². The Morgan fingerprint density at radius 3 is 2.62 bits per heavy atom. The van der Waals surface area contributed by atoms with Crippen molar-refractivity contribution >= 4 is 46.1 Å². The number of hydrogen-bond donors (Lipinski definition) is 1. The number of benzene rings is 1. The highest BCUT2D eigenvalue weighted by Gasteiger charge is 2.39. The van der Waals surface area contributed by atoms with E-state index in [1.54, 1.807) is 30.7 Å². The van der Waals surface area contributed by atoms with Crippen LogP contribution in [0.2, 0.25) is 14.4 Å². The van der Waals surface area contributed by atoms with E-state index in [0.29, 0.717) is 26.5 Å². The van der Waals surface area contributed by atoms with Crippen LogP contribution in [0.25, 0.3) is 0 Å². The Balaban J connectivity index is 2.09. The van der Waals surface area contributed by atoms with Crippen LogP contribution in [-0.2, 0) is 12.1 Å². The van der Waals surface area contributed by atoms with E-state index >= 15 is 0 Å². The van der Waals surface area contributed by atoms with E-state index in [1.165, 1.54) is 11.3 Å². The van der Waals surface area contributed by atoms with Crippen molar-refractivity contribution in [3.8, 4) is 0 Å². The molecular formula is C17H15Cl3N2OS. The molecule has 3 aromatic rings. The highest BCUT2D eigenvalue weighted by molar-refractivity contribution is 7.16. The molecule has 0 amide bonds. The maximum absolute atomic E-state index is 11.6. The fourth-order valence-electron chi connectivity index (χ4n) is 2.75. The van der Waals surface area contributed by atoms with Gasteiger partial charge in [0.1, 0.15) is 5.60 Å². The summed E-state index contributed by atoms with van der Waals surface area (Å²) in [5, 5.41) is 12.6. The Kier molecular flexibility index (Phi) is 5.23. The maximum atomic E-state index is 11.6. The van der Waals surface area contributed by atoms with Gasteiger partial charge in [-0.05, 0) is 24.3 Å². The summed E-state index contributed by atoms with van der Waals surface area (Å²) in [6.07, 6.45) is 5.16. The Hall–Kier alpha value is -1.04. The highest BCUT2D eigenvalue weighted by Crippen LogP contribution is 2.44. The molecule has 0 radical (unpaired) electrons. The third-order valence-corrected chi connectivity index (χ3v) is 6.08. The monoisotopic (exact) mass is 400 g/mol. The molecule has 0 saturated heterocycles. The lowest BCUT2D eigenvalue weighted by Gasteiger charge is -2.35. The molecule has 0 aliphatic heterocycles. The summed E-state index contributed by atoms with van der Waals surface area (Å²) in [7, 11) is 0. The van der Waals surface area contributed by atoms with Crippen LogP contribution < -0.4 is 0 Å². The Morgan fingerprint density at radius 1 is 1.25 bits per heavy atom. The molecular weight excluding hydrogens is 387 g/mol. The predicted octanol–water partition coefficient (Wildman–Crippen LogP) is 5.60. The van der Waals surface area contributed by atoms with E-state index in [9.17, 15) is 5.11 Å². The number of rotatable bonds is 5. The zero-order chi connectivity index (χ0) is 17.3. The van der Waals surface area contributed by atoms with Crippen molar-refractivity contribution in [3.05, 3.63) is 73.9 Å². The third kappa shape index (κ3) is 3.48. The number of hydrogen-bond acceptors (Lipinski definition) is 3. The zero-order valence-corrected chi connectivity index (χ0v) is 15.9. The molecule has 2 aromatic heterocycles. The Labute approximate surface area is 159 Å². The molecule has 0 fully saturated rings. The number of imidazole rings is 1. The molecule has 1 N–H and O–H groups in total. The van der Waals surface area contributed by atoms with E-state index in [4.69, 9.17) is 34.8 Å². The lowest BCUT2D eigenvalue weighted by molar-refractivity contribution is -0.00373. The van der Waals surface area contributed by atoms with Crippen molar-refractivity contribution in [2.75, 3.05) is 0 Å². The molecule has 126 valence electrons. The second kappa shape index (κ2) is 7.06. The predicted molar refractivity (Wildman–Crippen MR) is 100 cm³/mol. The van der Waals surface area contributed by atoms with Crippen molar-refractivity contribution in [3.63, 3.8) is 0 Å². The Bertz CT molecular complexity index is 834. The highest BCUT2D eigenvalue weighted by atomic mass is 35.5. The molecule has 0 aliphatic carbocycles. The molecule has 7 heteroatoms. The van der Waals surface area contributed by atoms with Gasteiger partial charge in [0.15, 0.2) is 0 Å². The first-order valence-electron chi connectivity index (χ1n) is 7.29. The second-order valence-electron chi connectivity index (χ2n) is 5.65. The molecule has 1 aromatic carbocycles. The van der Waals surface area contributed by atoms with E-state index in [-0.39, 0.29) is 5.92 Å². The molecule has 3 nitrogen and oxygen atoms in total. The average Bonchev–Trinajstić information content (AvgIpc) is 3.17. The van der Waals surface area contributed by atoms with Crippen molar-refractivity contribution in [1.82, 2.24) is 9.55 Å². The van der Waals surface area contributed by atoms with Crippen molar-refractivity contribution in [2.24, 2.45) is 0 Å². The number of aromatic nitrogens is 2. The van der Waals surface area contributed by atoms with Crippen LogP contribution in [-0.4, -0.2) is 14.7 Å². The molecule has 0 aliphatic rings. The van der Waals surface area contributed by atoms with Gasteiger partial charge in [0.2, 0.25) is 0 Å². The summed E-state index contributed by atoms with van der Waals surface area (Å²) in [6.45, 7) is 2.27. The molecule has 2 unspecified atom stereocenters. The summed E-state index contributed by atoms with van der Waals surface area (Å²) >= 11 is 19.9. The molecule has 0 saturated carbocycles. The maximum Gasteiger partial charge on any atom is 0.116 e. The normalized spacial score (nSPS) is 15.2. The zero-order valence-electron chi connectivity index (χ0n) is 12.8. The molecule has 24 heavy (non-hydrogen) atoms. The molecule has 0 bridgehead atoms. The summed E-state index contributed by atoms with van der Waals surface area (Å²) in [6, 6.07) is 8.91. The van der Waals surface area contributed by atoms with Crippen molar-refractivity contribution < 1.29 is 5.11 Å². The minimum atomic E-state index is -1.24. The lowest BCUT2D eigenvalue weighted by atomic mass is 9.81. The summed E-state index contributed by atoms with van der Waals surface area (Å²) in [5.41, 5.74) is -0.615. The minimum Gasteiger partial charge on any atom is -0.383 e. The molecule has 0 spiro atoms.